The van der Waals surface area contributed by atoms with Crippen molar-refractivity contribution in [1.82, 2.24) is 10.3 Å². The van der Waals surface area contributed by atoms with Crippen molar-refractivity contribution in [3.05, 3.63) is 106 Å². The van der Waals surface area contributed by atoms with Gasteiger partial charge >= 0.3 is 0 Å². The van der Waals surface area contributed by atoms with E-state index in [9.17, 15) is 4.79 Å². The second-order valence-electron chi connectivity index (χ2n) is 7.80. The summed E-state index contributed by atoms with van der Waals surface area (Å²) in [4.78, 5) is 18.9. The predicted octanol–water partition coefficient (Wildman–Crippen LogP) is 7.04. The van der Waals surface area contributed by atoms with Gasteiger partial charge in [0.15, 0.2) is 5.76 Å². The number of carbonyl (C=O) groups is 1. The van der Waals surface area contributed by atoms with Gasteiger partial charge in [0.2, 0.25) is 0 Å². The third-order valence-corrected chi connectivity index (χ3v) is 7.19. The first kappa shape index (κ1) is 22.4. The lowest BCUT2D eigenvalue weighted by atomic mass is 10.1. The van der Waals surface area contributed by atoms with Crippen LogP contribution in [0.1, 0.15) is 27.2 Å². The Labute approximate surface area is 209 Å². The van der Waals surface area contributed by atoms with E-state index in [2.05, 4.69) is 26.2 Å². The molecule has 1 N–H and O–H groups in total. The zero-order chi connectivity index (χ0) is 23.5. The molecule has 3 aromatic carbocycles. The molecule has 5 nitrogen and oxygen atoms in total. The Bertz CT molecular complexity index is 1390. The maximum atomic E-state index is 13.1. The lowest BCUT2D eigenvalue weighted by Gasteiger charge is -2.16. The second kappa shape index (κ2) is 9.83. The van der Waals surface area contributed by atoms with Crippen LogP contribution in [-0.2, 0) is 6.42 Å². The van der Waals surface area contributed by atoms with Crippen LogP contribution in [0.25, 0.3) is 21.4 Å². The summed E-state index contributed by atoms with van der Waals surface area (Å²) in [5, 5.41) is 4.86. The maximum absolute atomic E-state index is 13.1. The van der Waals surface area contributed by atoms with E-state index in [1.54, 1.807) is 24.5 Å². The van der Waals surface area contributed by atoms with E-state index in [0.29, 0.717) is 12.0 Å². The number of fused-ring (bicyclic) bond motifs is 1. The van der Waals surface area contributed by atoms with Crippen LogP contribution < -0.4 is 10.1 Å². The van der Waals surface area contributed by atoms with Gasteiger partial charge in [0, 0.05) is 16.1 Å². The molecular weight excluding hydrogens is 512 g/mol. The average molecular weight is 533 g/mol. The Hall–Kier alpha value is -3.42. The number of rotatable bonds is 7. The minimum atomic E-state index is -0.316. The van der Waals surface area contributed by atoms with E-state index in [0.717, 1.165) is 36.6 Å². The van der Waals surface area contributed by atoms with Crippen molar-refractivity contribution in [3.8, 4) is 16.2 Å². The van der Waals surface area contributed by atoms with Crippen molar-refractivity contribution in [2.75, 3.05) is 7.11 Å². The van der Waals surface area contributed by atoms with Crippen molar-refractivity contribution >= 4 is 44.1 Å². The summed E-state index contributed by atoms with van der Waals surface area (Å²) >= 11 is 5.05. The molecule has 2 aromatic heterocycles. The third kappa shape index (κ3) is 4.90. The van der Waals surface area contributed by atoms with Crippen molar-refractivity contribution in [2.45, 2.75) is 12.5 Å². The monoisotopic (exact) mass is 532 g/mol. The van der Waals surface area contributed by atoms with Crippen LogP contribution in [0.3, 0.4) is 0 Å². The van der Waals surface area contributed by atoms with Crippen LogP contribution in [-0.4, -0.2) is 18.0 Å². The summed E-state index contributed by atoms with van der Waals surface area (Å²) < 4.78 is 12.1. The van der Waals surface area contributed by atoms with Crippen LogP contribution in [0, 0.1) is 0 Å². The Morgan fingerprint density at radius 2 is 1.85 bits per heavy atom. The molecule has 34 heavy (non-hydrogen) atoms. The van der Waals surface area contributed by atoms with Crippen molar-refractivity contribution in [3.63, 3.8) is 0 Å². The van der Waals surface area contributed by atoms with Gasteiger partial charge < -0.3 is 14.5 Å². The molecule has 1 unspecified atom stereocenters. The van der Waals surface area contributed by atoms with E-state index in [1.165, 1.54) is 0 Å². The van der Waals surface area contributed by atoms with Crippen LogP contribution in [0.2, 0.25) is 0 Å². The average Bonchev–Trinajstić information content (AvgIpc) is 3.52. The molecule has 0 aliphatic carbocycles. The first-order valence-electron chi connectivity index (χ1n) is 10.7. The highest BCUT2D eigenvalue weighted by atomic mass is 79.9. The number of para-hydroxylation sites is 1. The number of nitrogens with one attached hydrogen (secondary N) is 1. The first-order valence-corrected chi connectivity index (χ1v) is 12.3. The smallest absolute Gasteiger partial charge is 0.287 e. The summed E-state index contributed by atoms with van der Waals surface area (Å²) in [5.74, 6) is 0.805. The van der Waals surface area contributed by atoms with E-state index < -0.39 is 0 Å². The third-order valence-electron chi connectivity index (χ3n) is 5.50. The summed E-state index contributed by atoms with van der Waals surface area (Å²) in [6.45, 7) is 0. The minimum Gasteiger partial charge on any atom is -0.497 e. The number of halogens is 1. The number of hydrogen-bond donors (Lipinski definition) is 1. The van der Waals surface area contributed by atoms with Gasteiger partial charge in [-0.15, -0.1) is 11.3 Å². The van der Waals surface area contributed by atoms with Gasteiger partial charge in [0.25, 0.3) is 5.91 Å². The number of hydrogen-bond acceptors (Lipinski definition) is 5. The van der Waals surface area contributed by atoms with Gasteiger partial charge in [-0.05, 0) is 53.9 Å². The summed E-state index contributed by atoms with van der Waals surface area (Å²) in [6.07, 6.45) is 2.45. The van der Waals surface area contributed by atoms with Gasteiger partial charge in [0.05, 0.1) is 18.0 Å². The molecule has 170 valence electrons. The van der Waals surface area contributed by atoms with Crippen LogP contribution in [0.15, 0.2) is 93.9 Å². The molecule has 7 heteroatoms. The Balaban J connectivity index is 1.43. The number of benzene rings is 3. The SMILES string of the molecule is COc1ccc(CC(NC(=O)c2cc3ccccc3o2)c2ncc(-c3ccc(Br)cc3)s2)cc1. The number of methoxy groups -OCH3 is 1. The summed E-state index contributed by atoms with van der Waals surface area (Å²) in [7, 11) is 1.64. The molecule has 0 saturated carbocycles. The minimum absolute atomic E-state index is 0.268. The van der Waals surface area contributed by atoms with Gasteiger partial charge in [-0.25, -0.2) is 4.98 Å². The van der Waals surface area contributed by atoms with Crippen LogP contribution in [0.5, 0.6) is 5.75 Å². The predicted molar refractivity (Wildman–Crippen MR) is 138 cm³/mol. The lowest BCUT2D eigenvalue weighted by molar-refractivity contribution is 0.0910. The molecule has 5 rings (SSSR count). The normalized spacial score (nSPS) is 11.9. The van der Waals surface area contributed by atoms with Gasteiger partial charge in [0.1, 0.15) is 16.3 Å². The zero-order valence-corrected chi connectivity index (χ0v) is 20.7. The van der Waals surface area contributed by atoms with Gasteiger partial charge in [-0.3, -0.25) is 4.79 Å². The summed E-state index contributed by atoms with van der Waals surface area (Å²) in [6, 6.07) is 25.0. The number of furan rings is 1. The van der Waals surface area contributed by atoms with Crippen molar-refractivity contribution in [2.24, 2.45) is 0 Å². The Morgan fingerprint density at radius 3 is 2.59 bits per heavy atom. The molecule has 5 aromatic rings. The van der Waals surface area contributed by atoms with Gasteiger partial charge in [-0.1, -0.05) is 58.4 Å². The molecule has 0 aliphatic rings. The number of nitrogens with zero attached hydrogens (tertiary/aromatic N) is 1. The number of aromatic nitrogens is 1. The standard InChI is InChI=1S/C27H21BrN2O3S/c1-32-21-12-6-17(7-13-21)14-22(27-29-16-25(34-27)18-8-10-20(28)11-9-18)30-26(31)24-15-19-4-2-3-5-23(19)33-24/h2-13,15-16,22H,14H2,1H3,(H,30,31). The highest BCUT2D eigenvalue weighted by Gasteiger charge is 2.22. The topological polar surface area (TPSA) is 64.4 Å². The highest BCUT2D eigenvalue weighted by molar-refractivity contribution is 9.10. The fourth-order valence-corrected chi connectivity index (χ4v) is 4.96. The molecule has 0 bridgehead atoms. The zero-order valence-electron chi connectivity index (χ0n) is 18.3. The van der Waals surface area contributed by atoms with E-state index in [-0.39, 0.29) is 17.7 Å². The molecular formula is C27H21BrN2O3S. The Kier molecular flexibility index (Phi) is 6.47. The molecule has 0 spiro atoms. The van der Waals surface area contributed by atoms with Crippen molar-refractivity contribution in [1.29, 1.82) is 0 Å². The fourth-order valence-electron chi connectivity index (χ4n) is 3.72. The Morgan fingerprint density at radius 1 is 1.09 bits per heavy atom. The second-order valence-corrected chi connectivity index (χ2v) is 9.77. The number of thiazole rings is 1. The maximum Gasteiger partial charge on any atom is 0.287 e. The van der Waals surface area contributed by atoms with Crippen molar-refractivity contribution < 1.29 is 13.9 Å². The number of amides is 1. The number of carbonyl (C=O) groups excluding carboxylic acids is 1. The van der Waals surface area contributed by atoms with Gasteiger partial charge in [-0.2, -0.15) is 0 Å². The molecule has 1 atom stereocenters. The molecule has 0 radical (unpaired) electrons. The number of ether oxygens (including phenoxy) is 1. The largest absolute Gasteiger partial charge is 0.497 e. The molecule has 1 amide bonds. The lowest BCUT2D eigenvalue weighted by Crippen LogP contribution is -2.29. The molecule has 2 heterocycles. The van der Waals surface area contributed by atoms with E-state index >= 15 is 0 Å². The van der Waals surface area contributed by atoms with Crippen LogP contribution >= 0.6 is 27.3 Å². The van der Waals surface area contributed by atoms with E-state index in [1.807, 2.05) is 79.0 Å². The highest BCUT2D eigenvalue weighted by Crippen LogP contribution is 2.32. The van der Waals surface area contributed by atoms with E-state index in [4.69, 9.17) is 9.15 Å². The fraction of sp³-hybridized carbons (Fsp3) is 0.111. The molecule has 0 fully saturated rings. The first-order chi connectivity index (χ1) is 16.6. The summed E-state index contributed by atoms with van der Waals surface area (Å²) in [5.41, 5.74) is 2.83. The quantitative estimate of drug-likeness (QED) is 0.244. The molecule has 0 saturated heterocycles. The molecule has 0 aliphatic heterocycles. The van der Waals surface area contributed by atoms with Crippen LogP contribution in [0.4, 0.5) is 0 Å².